The molecule has 2 N–H and O–H groups in total. The van der Waals surface area contributed by atoms with Crippen LogP contribution in [0.1, 0.15) is 28.7 Å². The van der Waals surface area contributed by atoms with Gasteiger partial charge in [-0.25, -0.2) is 4.98 Å². The number of rotatable bonds is 5. The third-order valence-electron chi connectivity index (χ3n) is 3.73. The molecule has 21 heavy (non-hydrogen) atoms. The largest absolute Gasteiger partial charge is 0.394 e. The van der Waals surface area contributed by atoms with E-state index in [0.717, 1.165) is 21.9 Å². The molecule has 110 valence electrons. The highest BCUT2D eigenvalue weighted by Crippen LogP contribution is 2.21. The highest BCUT2D eigenvalue weighted by atomic mass is 32.1. The predicted octanol–water partition coefficient (Wildman–Crippen LogP) is 2.84. The number of hydrogen-bond donors (Lipinski definition) is 2. The molecule has 2 aromatic heterocycles. The third kappa shape index (κ3) is 2.72. The molecular weight excluding hydrogens is 282 g/mol. The monoisotopic (exact) mass is 301 g/mol. The van der Waals surface area contributed by atoms with E-state index in [4.69, 9.17) is 0 Å². The third-order valence-corrected chi connectivity index (χ3v) is 4.67. The van der Waals surface area contributed by atoms with Crippen molar-refractivity contribution >= 4 is 16.3 Å². The average molecular weight is 301 g/mol. The molecule has 0 aliphatic heterocycles. The number of aliphatic hydroxyl groups excluding tert-OH is 1. The Labute approximate surface area is 128 Å². The Morgan fingerprint density at radius 2 is 2.05 bits per heavy atom. The lowest BCUT2D eigenvalue weighted by molar-refractivity contribution is 0.243. The van der Waals surface area contributed by atoms with Crippen LogP contribution >= 0.6 is 11.3 Å². The summed E-state index contributed by atoms with van der Waals surface area (Å²) in [7, 11) is 0. The predicted molar refractivity (Wildman–Crippen MR) is 85.7 cm³/mol. The van der Waals surface area contributed by atoms with Crippen LogP contribution in [0.5, 0.6) is 0 Å². The smallest absolute Gasteiger partial charge is 0.194 e. The van der Waals surface area contributed by atoms with E-state index in [1.807, 2.05) is 37.3 Å². The highest BCUT2D eigenvalue weighted by Gasteiger charge is 2.15. The van der Waals surface area contributed by atoms with Crippen molar-refractivity contribution in [2.24, 2.45) is 0 Å². The average Bonchev–Trinajstić information content (AvgIpc) is 3.01. The van der Waals surface area contributed by atoms with Gasteiger partial charge in [0.1, 0.15) is 0 Å². The molecule has 0 unspecified atom stereocenters. The maximum atomic E-state index is 9.62. The number of nitrogens with zero attached hydrogens (tertiary/aromatic N) is 2. The quantitative estimate of drug-likeness (QED) is 0.762. The fourth-order valence-electron chi connectivity index (χ4n) is 2.57. The Hall–Kier alpha value is -1.69. The van der Waals surface area contributed by atoms with Crippen molar-refractivity contribution in [1.29, 1.82) is 0 Å². The molecule has 0 aliphatic carbocycles. The molecule has 1 aromatic carbocycles. The van der Waals surface area contributed by atoms with Crippen LogP contribution in [0.15, 0.2) is 35.7 Å². The normalized spacial score (nSPS) is 12.9. The van der Waals surface area contributed by atoms with E-state index >= 15 is 0 Å². The Balaban J connectivity index is 1.82. The van der Waals surface area contributed by atoms with Gasteiger partial charge in [0.25, 0.3) is 0 Å². The summed E-state index contributed by atoms with van der Waals surface area (Å²) in [5, 5.41) is 15.2. The molecule has 2 heterocycles. The summed E-state index contributed by atoms with van der Waals surface area (Å²) in [6, 6.07) is 9.97. The number of fused-ring (bicyclic) bond motifs is 1. The molecule has 0 fully saturated rings. The van der Waals surface area contributed by atoms with Gasteiger partial charge in [-0.05, 0) is 19.4 Å². The number of aromatic nitrogens is 2. The van der Waals surface area contributed by atoms with Gasteiger partial charge in [0.15, 0.2) is 4.96 Å². The second-order valence-electron chi connectivity index (χ2n) is 5.17. The molecule has 0 bridgehead atoms. The number of aliphatic hydroxyl groups is 1. The highest BCUT2D eigenvalue weighted by molar-refractivity contribution is 7.15. The fraction of sp³-hybridized carbons (Fsp3) is 0.312. The van der Waals surface area contributed by atoms with Gasteiger partial charge in [0, 0.05) is 17.6 Å². The molecule has 4 nitrogen and oxygen atoms in total. The summed E-state index contributed by atoms with van der Waals surface area (Å²) in [6.45, 7) is 4.89. The minimum absolute atomic E-state index is 0.0601. The van der Waals surface area contributed by atoms with E-state index in [1.165, 1.54) is 5.69 Å². The van der Waals surface area contributed by atoms with Crippen molar-refractivity contribution in [3.63, 3.8) is 0 Å². The maximum Gasteiger partial charge on any atom is 0.194 e. The van der Waals surface area contributed by atoms with E-state index in [0.29, 0.717) is 6.54 Å². The van der Waals surface area contributed by atoms with Crippen molar-refractivity contribution in [2.75, 3.05) is 6.61 Å². The summed E-state index contributed by atoms with van der Waals surface area (Å²) < 4.78 is 2.19. The Kier molecular flexibility index (Phi) is 4.05. The SMILES string of the molecule is Cc1nc2scc(C)n2c1CN[C@@H](CO)c1ccccc1. The molecule has 0 amide bonds. The van der Waals surface area contributed by atoms with Crippen LogP contribution in [0.25, 0.3) is 4.96 Å². The van der Waals surface area contributed by atoms with Gasteiger partial charge in [-0.15, -0.1) is 11.3 Å². The Morgan fingerprint density at radius 3 is 2.76 bits per heavy atom. The minimum Gasteiger partial charge on any atom is -0.394 e. The lowest BCUT2D eigenvalue weighted by atomic mass is 10.1. The molecule has 1 atom stereocenters. The van der Waals surface area contributed by atoms with Gasteiger partial charge in [0.2, 0.25) is 0 Å². The number of hydrogen-bond acceptors (Lipinski definition) is 4. The van der Waals surface area contributed by atoms with Gasteiger partial charge in [-0.3, -0.25) is 4.40 Å². The molecule has 5 heteroatoms. The molecule has 0 aliphatic rings. The Bertz CT molecular complexity index is 733. The van der Waals surface area contributed by atoms with Crippen molar-refractivity contribution < 1.29 is 5.11 Å². The van der Waals surface area contributed by atoms with Crippen LogP contribution < -0.4 is 5.32 Å². The number of nitrogens with one attached hydrogen (secondary N) is 1. The standard InChI is InChI=1S/C16H19N3OS/c1-11-10-21-16-18-12(2)15(19(11)16)8-17-14(9-20)13-6-4-3-5-7-13/h3-7,10,14,17,20H,8-9H2,1-2H3/t14-/m0/s1. The number of imidazole rings is 1. The number of thiazole rings is 1. The summed E-state index contributed by atoms with van der Waals surface area (Å²) in [6.07, 6.45) is 0. The van der Waals surface area contributed by atoms with Gasteiger partial charge in [-0.2, -0.15) is 0 Å². The zero-order valence-corrected chi connectivity index (χ0v) is 13.0. The molecule has 0 radical (unpaired) electrons. The summed E-state index contributed by atoms with van der Waals surface area (Å²) in [4.78, 5) is 5.62. The number of aryl methyl sites for hydroxylation is 2. The van der Waals surface area contributed by atoms with Crippen molar-refractivity contribution in [3.05, 3.63) is 58.4 Å². The van der Waals surface area contributed by atoms with E-state index in [2.05, 4.69) is 27.0 Å². The van der Waals surface area contributed by atoms with Crippen molar-refractivity contribution in [1.82, 2.24) is 14.7 Å². The van der Waals surface area contributed by atoms with Crippen LogP contribution in [0.2, 0.25) is 0 Å². The molecular formula is C16H19N3OS. The van der Waals surface area contributed by atoms with Crippen LogP contribution in [0.4, 0.5) is 0 Å². The van der Waals surface area contributed by atoms with E-state index in [-0.39, 0.29) is 12.6 Å². The first-order chi connectivity index (χ1) is 10.2. The van der Waals surface area contributed by atoms with E-state index < -0.39 is 0 Å². The summed E-state index contributed by atoms with van der Waals surface area (Å²) in [5.41, 5.74) is 4.51. The second-order valence-corrected chi connectivity index (χ2v) is 6.00. The van der Waals surface area contributed by atoms with Crippen molar-refractivity contribution in [2.45, 2.75) is 26.4 Å². The summed E-state index contributed by atoms with van der Waals surface area (Å²) >= 11 is 1.66. The van der Waals surface area contributed by atoms with Gasteiger partial charge in [-0.1, -0.05) is 30.3 Å². The van der Waals surface area contributed by atoms with Crippen molar-refractivity contribution in [3.8, 4) is 0 Å². The van der Waals surface area contributed by atoms with Gasteiger partial charge >= 0.3 is 0 Å². The lowest BCUT2D eigenvalue weighted by Gasteiger charge is -2.17. The van der Waals surface area contributed by atoms with E-state index in [9.17, 15) is 5.11 Å². The molecule has 0 spiro atoms. The first kappa shape index (κ1) is 14.3. The molecule has 0 saturated carbocycles. The van der Waals surface area contributed by atoms with Crippen LogP contribution in [-0.4, -0.2) is 21.1 Å². The first-order valence-electron chi connectivity index (χ1n) is 7.02. The first-order valence-corrected chi connectivity index (χ1v) is 7.90. The zero-order valence-electron chi connectivity index (χ0n) is 12.2. The molecule has 3 aromatic rings. The molecule has 3 rings (SSSR count). The fourth-order valence-corrected chi connectivity index (χ4v) is 3.50. The van der Waals surface area contributed by atoms with Crippen LogP contribution in [0, 0.1) is 13.8 Å². The minimum atomic E-state index is -0.0601. The molecule has 0 saturated heterocycles. The van der Waals surface area contributed by atoms with Gasteiger partial charge in [0.05, 0.1) is 24.0 Å². The zero-order chi connectivity index (χ0) is 14.8. The van der Waals surface area contributed by atoms with E-state index in [1.54, 1.807) is 11.3 Å². The van der Waals surface area contributed by atoms with Crippen LogP contribution in [0.3, 0.4) is 0 Å². The summed E-state index contributed by atoms with van der Waals surface area (Å²) in [5.74, 6) is 0. The lowest BCUT2D eigenvalue weighted by Crippen LogP contribution is -2.25. The maximum absolute atomic E-state index is 9.62. The second kappa shape index (κ2) is 5.97. The van der Waals surface area contributed by atoms with Gasteiger partial charge < -0.3 is 10.4 Å². The topological polar surface area (TPSA) is 49.6 Å². The Morgan fingerprint density at radius 1 is 1.29 bits per heavy atom. The number of benzene rings is 1. The van der Waals surface area contributed by atoms with Crippen LogP contribution in [-0.2, 0) is 6.54 Å².